The molecule has 0 radical (unpaired) electrons. The van der Waals surface area contributed by atoms with Gasteiger partial charge in [-0.2, -0.15) is 0 Å². The zero-order chi connectivity index (χ0) is 19.2. The number of allylic oxidation sites excluding steroid dienone is 2. The summed E-state index contributed by atoms with van der Waals surface area (Å²) in [4.78, 5) is 0. The van der Waals surface area contributed by atoms with E-state index in [1.807, 2.05) is 6.08 Å². The molecule has 3 saturated carbocycles. The second kappa shape index (κ2) is 10.2. The van der Waals surface area contributed by atoms with Crippen LogP contribution < -0.4 is 5.32 Å². The molecule has 5 atom stereocenters. The third-order valence-corrected chi connectivity index (χ3v) is 7.14. The van der Waals surface area contributed by atoms with E-state index in [9.17, 15) is 10.2 Å². The average molecular weight is 376 g/mol. The van der Waals surface area contributed by atoms with E-state index in [0.717, 1.165) is 32.2 Å². The van der Waals surface area contributed by atoms with E-state index in [-0.39, 0.29) is 18.1 Å². The van der Waals surface area contributed by atoms with Gasteiger partial charge in [-0.05, 0) is 75.7 Å². The molecule has 0 aliphatic heterocycles. The van der Waals surface area contributed by atoms with Crippen molar-refractivity contribution in [3.8, 4) is 0 Å². The highest BCUT2D eigenvalue weighted by Gasteiger charge is 2.45. The summed E-state index contributed by atoms with van der Waals surface area (Å²) in [6, 6.07) is 0.584. The van der Waals surface area contributed by atoms with Crippen LogP contribution in [0.3, 0.4) is 0 Å². The molecule has 0 heterocycles. The molecule has 0 saturated heterocycles. The molecule has 3 fully saturated rings. The van der Waals surface area contributed by atoms with Crippen molar-refractivity contribution in [2.75, 3.05) is 6.54 Å². The van der Waals surface area contributed by atoms with Crippen molar-refractivity contribution in [2.24, 2.45) is 23.7 Å². The first-order valence-corrected chi connectivity index (χ1v) is 11.5. The van der Waals surface area contributed by atoms with Crippen LogP contribution in [0.25, 0.3) is 0 Å². The van der Waals surface area contributed by atoms with Crippen LogP contribution >= 0.6 is 0 Å². The van der Waals surface area contributed by atoms with E-state index in [4.69, 9.17) is 0 Å². The molecule has 0 aromatic carbocycles. The number of unbranched alkanes of at least 4 members (excludes halogenated alkanes) is 2. The molecular weight excluding hydrogens is 334 g/mol. The minimum absolute atomic E-state index is 0.212. The van der Waals surface area contributed by atoms with E-state index in [1.165, 1.54) is 38.5 Å². The second-order valence-electron chi connectivity index (χ2n) is 9.60. The van der Waals surface area contributed by atoms with Gasteiger partial charge < -0.3 is 15.5 Å². The highest BCUT2D eigenvalue weighted by molar-refractivity contribution is 5.18. The van der Waals surface area contributed by atoms with E-state index in [2.05, 4.69) is 31.3 Å². The topological polar surface area (TPSA) is 52.5 Å². The molecular formula is C24H41NO2. The maximum absolute atomic E-state index is 10.5. The van der Waals surface area contributed by atoms with Crippen LogP contribution in [-0.2, 0) is 0 Å². The summed E-state index contributed by atoms with van der Waals surface area (Å²) in [5, 5.41) is 24.4. The number of hydrogen-bond donors (Lipinski definition) is 3. The van der Waals surface area contributed by atoms with Crippen LogP contribution in [0.4, 0.5) is 0 Å². The summed E-state index contributed by atoms with van der Waals surface area (Å²) < 4.78 is 0. The Hall–Kier alpha value is -0.640. The first-order chi connectivity index (χ1) is 13.0. The first kappa shape index (κ1) is 21.1. The van der Waals surface area contributed by atoms with Gasteiger partial charge in [-0.1, -0.05) is 50.5 Å². The third kappa shape index (κ3) is 5.92. The molecule has 3 aliphatic carbocycles. The number of hydrogen-bond acceptors (Lipinski definition) is 3. The Kier molecular flexibility index (Phi) is 7.98. The SMILES string of the molecule is CC(C)NCCCCC=C1C[C@H]2C[C@@H](O)[C@H](C=C[C@@H](O)C3CCCC3)[C@H]2C1. The first-order valence-electron chi connectivity index (χ1n) is 11.5. The Morgan fingerprint density at radius 3 is 2.67 bits per heavy atom. The molecule has 0 unspecified atom stereocenters. The fourth-order valence-electron chi connectivity index (χ4n) is 5.60. The van der Waals surface area contributed by atoms with Crippen molar-refractivity contribution in [2.45, 2.75) is 96.3 Å². The number of fused-ring (bicyclic) bond motifs is 1. The molecule has 3 aliphatic rings. The maximum atomic E-state index is 10.5. The molecule has 0 amide bonds. The zero-order valence-electron chi connectivity index (χ0n) is 17.4. The summed E-state index contributed by atoms with van der Waals surface area (Å²) in [5.41, 5.74) is 1.61. The molecule has 3 heteroatoms. The Balaban J connectivity index is 1.44. The number of aliphatic hydroxyl groups is 2. The molecule has 3 N–H and O–H groups in total. The van der Waals surface area contributed by atoms with E-state index in [1.54, 1.807) is 5.57 Å². The van der Waals surface area contributed by atoms with Gasteiger partial charge in [0.2, 0.25) is 0 Å². The van der Waals surface area contributed by atoms with Gasteiger partial charge in [0.15, 0.2) is 0 Å². The van der Waals surface area contributed by atoms with E-state index in [0.29, 0.717) is 23.8 Å². The fraction of sp³-hybridized carbons (Fsp3) is 0.833. The standard InChI is InChI=1S/C24H41NO2/c1-17(2)25-13-7-3-4-8-18-14-20-16-24(27)21(22(20)15-18)11-12-23(26)19-9-5-6-10-19/h8,11-12,17,19-27H,3-7,9-10,13-16H2,1-2H3/t20-,21+,22-,23+,24+/m0/s1. The van der Waals surface area contributed by atoms with Crippen molar-refractivity contribution in [1.82, 2.24) is 5.32 Å². The highest BCUT2D eigenvalue weighted by Crippen LogP contribution is 2.50. The van der Waals surface area contributed by atoms with Crippen molar-refractivity contribution in [3.05, 3.63) is 23.8 Å². The lowest BCUT2D eigenvalue weighted by molar-refractivity contribution is 0.135. The van der Waals surface area contributed by atoms with E-state index < -0.39 is 0 Å². The third-order valence-electron chi connectivity index (χ3n) is 7.14. The van der Waals surface area contributed by atoms with Gasteiger partial charge >= 0.3 is 0 Å². The highest BCUT2D eigenvalue weighted by atomic mass is 16.3. The monoisotopic (exact) mass is 375 g/mol. The Labute approximate surface area is 166 Å². The lowest BCUT2D eigenvalue weighted by atomic mass is 9.89. The molecule has 27 heavy (non-hydrogen) atoms. The van der Waals surface area contributed by atoms with Crippen molar-refractivity contribution >= 4 is 0 Å². The summed E-state index contributed by atoms with van der Waals surface area (Å²) >= 11 is 0. The van der Waals surface area contributed by atoms with Gasteiger partial charge in [0.1, 0.15) is 0 Å². The smallest absolute Gasteiger partial charge is 0.0749 e. The van der Waals surface area contributed by atoms with Crippen molar-refractivity contribution in [1.29, 1.82) is 0 Å². The lowest BCUT2D eigenvalue weighted by Gasteiger charge is -2.19. The Bertz CT molecular complexity index is 507. The van der Waals surface area contributed by atoms with Crippen LogP contribution in [-0.4, -0.2) is 35.0 Å². The minimum Gasteiger partial charge on any atom is -0.392 e. The average Bonchev–Trinajstić information content (AvgIpc) is 3.33. The van der Waals surface area contributed by atoms with Crippen molar-refractivity contribution in [3.63, 3.8) is 0 Å². The van der Waals surface area contributed by atoms with Crippen LogP contribution in [0.1, 0.15) is 78.1 Å². The Morgan fingerprint density at radius 2 is 1.93 bits per heavy atom. The molecule has 3 rings (SSSR count). The van der Waals surface area contributed by atoms with Gasteiger partial charge in [0.05, 0.1) is 12.2 Å². The molecule has 0 aromatic heterocycles. The fourth-order valence-corrected chi connectivity index (χ4v) is 5.60. The molecule has 0 bridgehead atoms. The Morgan fingerprint density at radius 1 is 1.15 bits per heavy atom. The van der Waals surface area contributed by atoms with Gasteiger partial charge in [-0.25, -0.2) is 0 Å². The van der Waals surface area contributed by atoms with Crippen molar-refractivity contribution < 1.29 is 10.2 Å². The van der Waals surface area contributed by atoms with E-state index >= 15 is 0 Å². The molecule has 154 valence electrons. The van der Waals surface area contributed by atoms with Gasteiger partial charge in [0, 0.05) is 12.0 Å². The van der Waals surface area contributed by atoms with Gasteiger partial charge in [0.25, 0.3) is 0 Å². The second-order valence-corrected chi connectivity index (χ2v) is 9.60. The number of rotatable bonds is 9. The predicted molar refractivity (Wildman–Crippen MR) is 113 cm³/mol. The van der Waals surface area contributed by atoms with Gasteiger partial charge in [-0.15, -0.1) is 0 Å². The summed E-state index contributed by atoms with van der Waals surface area (Å²) in [6.45, 7) is 5.52. The normalized spacial score (nSPS) is 34.3. The molecule has 0 spiro atoms. The number of aliphatic hydroxyl groups excluding tert-OH is 2. The lowest BCUT2D eigenvalue weighted by Crippen LogP contribution is -2.23. The van der Waals surface area contributed by atoms with Crippen LogP contribution in [0.5, 0.6) is 0 Å². The summed E-state index contributed by atoms with van der Waals surface area (Å²) in [7, 11) is 0. The largest absolute Gasteiger partial charge is 0.392 e. The summed E-state index contributed by atoms with van der Waals surface area (Å²) in [5.74, 6) is 1.92. The summed E-state index contributed by atoms with van der Waals surface area (Å²) in [6.07, 6.45) is 17.9. The predicted octanol–water partition coefficient (Wildman–Crippen LogP) is 4.60. The maximum Gasteiger partial charge on any atom is 0.0749 e. The quantitative estimate of drug-likeness (QED) is 0.408. The van der Waals surface area contributed by atoms with Crippen LogP contribution in [0.2, 0.25) is 0 Å². The van der Waals surface area contributed by atoms with Gasteiger partial charge in [-0.3, -0.25) is 0 Å². The van der Waals surface area contributed by atoms with Crippen LogP contribution in [0.15, 0.2) is 23.8 Å². The number of nitrogens with one attached hydrogen (secondary N) is 1. The van der Waals surface area contributed by atoms with Crippen LogP contribution in [0, 0.1) is 23.7 Å². The molecule has 3 nitrogen and oxygen atoms in total. The minimum atomic E-state index is -0.311. The zero-order valence-corrected chi connectivity index (χ0v) is 17.4. The molecule has 0 aromatic rings.